The molecule has 0 aromatic heterocycles. The van der Waals surface area contributed by atoms with Gasteiger partial charge in [-0.2, -0.15) is 13.2 Å². The van der Waals surface area contributed by atoms with Gasteiger partial charge < -0.3 is 10.2 Å². The third-order valence-corrected chi connectivity index (χ3v) is 9.14. The second-order valence-electron chi connectivity index (χ2n) is 10.8. The van der Waals surface area contributed by atoms with E-state index in [0.29, 0.717) is 21.0 Å². The van der Waals surface area contributed by atoms with Gasteiger partial charge in [0.1, 0.15) is 12.6 Å². The first-order valence-electron chi connectivity index (χ1n) is 13.9. The molecular formula is C31H32Cl2F3N3O4S. The van der Waals surface area contributed by atoms with Crippen molar-refractivity contribution in [3.8, 4) is 0 Å². The number of alkyl halides is 3. The Kier molecular flexibility index (Phi) is 10.9. The maximum Gasteiger partial charge on any atom is 0.417 e. The smallest absolute Gasteiger partial charge is 0.352 e. The number of hydrogen-bond donors (Lipinski definition) is 1. The highest BCUT2D eigenvalue weighted by Gasteiger charge is 2.37. The monoisotopic (exact) mass is 669 g/mol. The van der Waals surface area contributed by atoms with Gasteiger partial charge >= 0.3 is 6.18 Å². The van der Waals surface area contributed by atoms with Crippen molar-refractivity contribution < 1.29 is 31.2 Å². The van der Waals surface area contributed by atoms with E-state index in [1.165, 1.54) is 4.90 Å². The van der Waals surface area contributed by atoms with E-state index >= 15 is 0 Å². The fraction of sp³-hybridized carbons (Fsp3) is 0.355. The summed E-state index contributed by atoms with van der Waals surface area (Å²) in [6.45, 7) is -0.971. The third-order valence-electron chi connectivity index (χ3n) is 7.44. The van der Waals surface area contributed by atoms with Crippen LogP contribution in [-0.2, 0) is 38.8 Å². The Balaban J connectivity index is 1.76. The number of amides is 2. The zero-order valence-corrected chi connectivity index (χ0v) is 26.2. The van der Waals surface area contributed by atoms with Crippen LogP contribution < -0.4 is 9.62 Å². The van der Waals surface area contributed by atoms with E-state index in [9.17, 15) is 31.2 Å². The Bertz CT molecular complexity index is 1580. The Morgan fingerprint density at radius 2 is 1.61 bits per heavy atom. The van der Waals surface area contributed by atoms with Crippen LogP contribution >= 0.6 is 23.2 Å². The maximum absolute atomic E-state index is 14.1. The Morgan fingerprint density at radius 1 is 0.955 bits per heavy atom. The Hall–Kier alpha value is -3.28. The van der Waals surface area contributed by atoms with Crippen LogP contribution in [0.3, 0.4) is 0 Å². The zero-order chi connectivity index (χ0) is 32.1. The van der Waals surface area contributed by atoms with Crippen molar-refractivity contribution in [3.05, 3.63) is 99.5 Å². The van der Waals surface area contributed by atoms with Crippen LogP contribution in [0.2, 0.25) is 10.0 Å². The number of halogens is 5. The highest BCUT2D eigenvalue weighted by molar-refractivity contribution is 7.92. The molecule has 1 aliphatic carbocycles. The predicted octanol–water partition coefficient (Wildman–Crippen LogP) is 6.48. The fourth-order valence-corrected chi connectivity index (χ4v) is 6.53. The lowest BCUT2D eigenvalue weighted by Gasteiger charge is -2.34. The average molecular weight is 671 g/mol. The maximum atomic E-state index is 14.1. The summed E-state index contributed by atoms with van der Waals surface area (Å²) < 4.78 is 67.3. The predicted molar refractivity (Wildman–Crippen MR) is 165 cm³/mol. The van der Waals surface area contributed by atoms with E-state index in [1.54, 1.807) is 36.4 Å². The van der Waals surface area contributed by atoms with Gasteiger partial charge in [0.15, 0.2) is 0 Å². The van der Waals surface area contributed by atoms with Crippen LogP contribution in [-0.4, -0.2) is 50.0 Å². The van der Waals surface area contributed by atoms with Crippen LogP contribution in [0.1, 0.15) is 42.4 Å². The number of nitrogens with zero attached hydrogens (tertiary/aromatic N) is 2. The molecule has 3 aromatic rings. The minimum atomic E-state index is -4.86. The molecule has 0 spiro atoms. The first-order chi connectivity index (χ1) is 20.7. The van der Waals surface area contributed by atoms with Crippen molar-refractivity contribution in [2.75, 3.05) is 17.1 Å². The number of rotatable bonds is 11. The van der Waals surface area contributed by atoms with Gasteiger partial charge in [0.05, 0.1) is 22.5 Å². The lowest BCUT2D eigenvalue weighted by Crippen LogP contribution is -2.54. The second-order valence-corrected chi connectivity index (χ2v) is 13.5. The van der Waals surface area contributed by atoms with E-state index in [2.05, 4.69) is 5.32 Å². The van der Waals surface area contributed by atoms with E-state index in [4.69, 9.17) is 23.2 Å². The Labute approximate surface area is 265 Å². The van der Waals surface area contributed by atoms with Gasteiger partial charge in [-0.15, -0.1) is 0 Å². The molecule has 13 heteroatoms. The molecule has 1 atom stereocenters. The number of benzene rings is 3. The average Bonchev–Trinajstić information content (AvgIpc) is 3.46. The van der Waals surface area contributed by atoms with Crippen molar-refractivity contribution in [1.29, 1.82) is 0 Å². The molecule has 0 saturated heterocycles. The molecule has 0 aliphatic heterocycles. The van der Waals surface area contributed by atoms with Crippen LogP contribution in [0, 0.1) is 0 Å². The van der Waals surface area contributed by atoms with Gasteiger partial charge in [-0.25, -0.2) is 8.42 Å². The highest BCUT2D eigenvalue weighted by atomic mass is 35.5. The summed E-state index contributed by atoms with van der Waals surface area (Å²) in [5.74, 6) is -1.20. The molecule has 7 nitrogen and oxygen atoms in total. The van der Waals surface area contributed by atoms with Crippen molar-refractivity contribution >= 4 is 50.7 Å². The van der Waals surface area contributed by atoms with Crippen molar-refractivity contribution in [1.82, 2.24) is 10.2 Å². The summed E-state index contributed by atoms with van der Waals surface area (Å²) in [7, 11) is -4.27. The van der Waals surface area contributed by atoms with Crippen LogP contribution in [0.4, 0.5) is 18.9 Å². The lowest BCUT2D eigenvalue weighted by atomic mass is 10.0. The molecule has 1 saturated carbocycles. The highest BCUT2D eigenvalue weighted by Crippen LogP contribution is 2.37. The van der Waals surface area contributed by atoms with Crippen molar-refractivity contribution in [3.63, 3.8) is 0 Å². The first kappa shape index (κ1) is 33.6. The van der Waals surface area contributed by atoms with Crippen LogP contribution in [0.25, 0.3) is 0 Å². The molecule has 3 aromatic carbocycles. The topological polar surface area (TPSA) is 86.8 Å². The minimum absolute atomic E-state index is 0.0636. The molecule has 2 amide bonds. The molecule has 1 N–H and O–H groups in total. The molecule has 1 aliphatic rings. The van der Waals surface area contributed by atoms with E-state index in [-0.39, 0.29) is 19.0 Å². The number of sulfonamides is 1. The van der Waals surface area contributed by atoms with Gasteiger partial charge in [-0.1, -0.05) is 78.5 Å². The number of anilines is 1. The fourth-order valence-electron chi connectivity index (χ4n) is 5.25. The molecule has 0 bridgehead atoms. The molecule has 0 heterocycles. The van der Waals surface area contributed by atoms with Crippen molar-refractivity contribution in [2.24, 2.45) is 0 Å². The summed E-state index contributed by atoms with van der Waals surface area (Å²) in [4.78, 5) is 29.3. The van der Waals surface area contributed by atoms with Gasteiger partial charge in [0.25, 0.3) is 0 Å². The van der Waals surface area contributed by atoms with E-state index < -0.39 is 56.9 Å². The molecule has 44 heavy (non-hydrogen) atoms. The van der Waals surface area contributed by atoms with Crippen LogP contribution in [0.5, 0.6) is 0 Å². The molecule has 4 rings (SSSR count). The van der Waals surface area contributed by atoms with Gasteiger partial charge in [0.2, 0.25) is 21.8 Å². The van der Waals surface area contributed by atoms with Gasteiger partial charge in [-0.05, 0) is 54.3 Å². The minimum Gasteiger partial charge on any atom is -0.352 e. The number of carbonyl (C=O) groups is 2. The molecular weight excluding hydrogens is 638 g/mol. The molecule has 236 valence electrons. The van der Waals surface area contributed by atoms with E-state index in [1.807, 2.05) is 18.2 Å². The second kappa shape index (κ2) is 14.2. The SMILES string of the molecule is CS(=O)(=O)N(CC(=O)N(Cc1cccc(Cl)c1)[C@@H](Cc1ccccc1)C(=O)NC1CCCC1)c1ccc(Cl)c(C(F)(F)F)c1. The first-order valence-corrected chi connectivity index (χ1v) is 16.6. The lowest BCUT2D eigenvalue weighted by molar-refractivity contribution is -0.140. The number of carbonyl (C=O) groups excluding carboxylic acids is 2. The summed E-state index contributed by atoms with van der Waals surface area (Å²) in [5, 5.41) is 2.82. The molecule has 0 radical (unpaired) electrons. The summed E-state index contributed by atoms with van der Waals surface area (Å²) >= 11 is 12.0. The number of nitrogens with one attached hydrogen (secondary N) is 1. The quantitative estimate of drug-likeness (QED) is 0.253. The summed E-state index contributed by atoms with van der Waals surface area (Å²) in [6, 6.07) is 17.2. The standard InChI is InChI=1S/C31H32Cl2F3N3O4S/c1-44(42,43)39(25-14-15-27(33)26(18-25)31(34,35)36)20-29(40)38(19-22-10-7-11-23(32)16-22)28(17-21-8-3-2-4-9-21)30(41)37-24-12-5-6-13-24/h2-4,7-11,14-16,18,24,28H,5-6,12-13,17,19-20H2,1H3,(H,37,41)/t28-/m0/s1. The van der Waals surface area contributed by atoms with Gasteiger partial charge in [-0.3, -0.25) is 13.9 Å². The third kappa shape index (κ3) is 8.89. The van der Waals surface area contributed by atoms with Gasteiger partial charge in [0, 0.05) is 24.0 Å². The zero-order valence-electron chi connectivity index (χ0n) is 23.9. The largest absolute Gasteiger partial charge is 0.417 e. The summed E-state index contributed by atoms with van der Waals surface area (Å²) in [5.41, 5.74) is -0.300. The van der Waals surface area contributed by atoms with Crippen molar-refractivity contribution in [2.45, 2.75) is 56.9 Å². The number of hydrogen-bond acceptors (Lipinski definition) is 4. The molecule has 0 unspecified atom stereocenters. The Morgan fingerprint density at radius 3 is 2.23 bits per heavy atom. The molecule has 1 fully saturated rings. The normalized spacial score (nSPS) is 14.7. The van der Waals surface area contributed by atoms with E-state index in [0.717, 1.165) is 49.6 Å². The summed E-state index contributed by atoms with van der Waals surface area (Å²) in [6.07, 6.45) is -0.439. The van der Waals surface area contributed by atoms with Crippen LogP contribution in [0.15, 0.2) is 72.8 Å².